The molecule has 1 aromatic carbocycles. The smallest absolute Gasteiger partial charge is 0.194 e. The van der Waals surface area contributed by atoms with Crippen molar-refractivity contribution in [1.29, 1.82) is 0 Å². The molecule has 0 unspecified atom stereocenters. The molecule has 0 spiro atoms. The zero-order chi connectivity index (χ0) is 15.1. The fourth-order valence-electron chi connectivity index (χ4n) is 2.07. The van der Waals surface area contributed by atoms with Gasteiger partial charge in [-0.05, 0) is 37.6 Å². The first-order chi connectivity index (χ1) is 10.2. The molecular formula is C16H21FN2O2. The molecule has 2 rings (SSSR count). The molecule has 5 heteroatoms. The van der Waals surface area contributed by atoms with Crippen molar-refractivity contribution in [2.45, 2.75) is 19.8 Å². The minimum atomic E-state index is -0.268. The average molecular weight is 292 g/mol. The Morgan fingerprint density at radius 3 is 3.00 bits per heavy atom. The number of methoxy groups -OCH3 is 1. The third kappa shape index (κ3) is 4.65. The first kappa shape index (κ1) is 15.7. The predicted octanol–water partition coefficient (Wildman–Crippen LogP) is 2.96. The van der Waals surface area contributed by atoms with Gasteiger partial charge >= 0.3 is 0 Å². The molecule has 0 amide bonds. The highest BCUT2D eigenvalue weighted by atomic mass is 19.1. The van der Waals surface area contributed by atoms with Gasteiger partial charge in [0.1, 0.15) is 5.82 Å². The van der Waals surface area contributed by atoms with Crippen molar-refractivity contribution in [3.63, 3.8) is 0 Å². The number of nitrogens with one attached hydrogen (secondary N) is 1. The monoisotopic (exact) mass is 292 g/mol. The van der Waals surface area contributed by atoms with Crippen LogP contribution in [0.5, 0.6) is 0 Å². The third-order valence-electron chi connectivity index (χ3n) is 3.25. The van der Waals surface area contributed by atoms with Gasteiger partial charge in [-0.25, -0.2) is 9.37 Å². The molecule has 1 N–H and O–H groups in total. The summed E-state index contributed by atoms with van der Waals surface area (Å²) in [6.45, 7) is 4.37. The summed E-state index contributed by atoms with van der Waals surface area (Å²) in [5.74, 6) is 1.03. The Bertz CT molecular complexity index is 569. The van der Waals surface area contributed by atoms with Gasteiger partial charge in [-0.15, -0.1) is 0 Å². The number of aromatic nitrogens is 1. The molecular weight excluding hydrogens is 271 g/mol. The molecule has 1 aromatic heterocycles. The number of oxazole rings is 1. The lowest BCUT2D eigenvalue weighted by Crippen LogP contribution is -2.20. The maximum Gasteiger partial charge on any atom is 0.194 e. The van der Waals surface area contributed by atoms with E-state index in [1.165, 1.54) is 12.1 Å². The molecule has 1 heterocycles. The Morgan fingerprint density at radius 2 is 2.19 bits per heavy atom. The van der Waals surface area contributed by atoms with Crippen LogP contribution in [-0.4, -0.2) is 31.8 Å². The number of ether oxygens (including phenoxy) is 1. The van der Waals surface area contributed by atoms with Crippen molar-refractivity contribution < 1.29 is 13.5 Å². The lowest BCUT2D eigenvalue weighted by atomic mass is 10.1. The average Bonchev–Trinajstić information content (AvgIpc) is 2.94. The quantitative estimate of drug-likeness (QED) is 0.760. The summed E-state index contributed by atoms with van der Waals surface area (Å²) >= 11 is 0. The topological polar surface area (TPSA) is 47.3 Å². The van der Waals surface area contributed by atoms with Crippen LogP contribution in [0.15, 0.2) is 28.8 Å². The number of halogens is 1. The van der Waals surface area contributed by atoms with E-state index < -0.39 is 0 Å². The third-order valence-corrected chi connectivity index (χ3v) is 3.25. The second kappa shape index (κ2) is 7.90. The molecule has 0 atom stereocenters. The molecule has 0 fully saturated rings. The second-order valence-corrected chi connectivity index (χ2v) is 4.92. The summed E-state index contributed by atoms with van der Waals surface area (Å²) in [5, 5.41) is 3.27. The predicted molar refractivity (Wildman–Crippen MR) is 79.7 cm³/mol. The van der Waals surface area contributed by atoms with E-state index in [0.29, 0.717) is 18.3 Å². The van der Waals surface area contributed by atoms with E-state index in [1.807, 2.05) is 6.92 Å². The van der Waals surface area contributed by atoms with Crippen LogP contribution in [-0.2, 0) is 11.2 Å². The fraction of sp³-hybridized carbons (Fsp3) is 0.438. The van der Waals surface area contributed by atoms with Crippen LogP contribution in [0.4, 0.5) is 4.39 Å². The van der Waals surface area contributed by atoms with Gasteiger partial charge in [0.05, 0.1) is 12.8 Å². The molecule has 0 aliphatic rings. The van der Waals surface area contributed by atoms with Crippen molar-refractivity contribution in [1.82, 2.24) is 10.3 Å². The molecule has 0 bridgehead atoms. The summed E-state index contributed by atoms with van der Waals surface area (Å²) in [6.07, 6.45) is 3.36. The van der Waals surface area contributed by atoms with Crippen molar-refractivity contribution in [3.8, 4) is 11.3 Å². The van der Waals surface area contributed by atoms with Crippen LogP contribution in [0, 0.1) is 12.7 Å². The minimum absolute atomic E-state index is 0.268. The zero-order valence-electron chi connectivity index (χ0n) is 12.5. The summed E-state index contributed by atoms with van der Waals surface area (Å²) in [6, 6.07) is 4.67. The van der Waals surface area contributed by atoms with Crippen LogP contribution >= 0.6 is 0 Å². The van der Waals surface area contributed by atoms with Crippen LogP contribution in [0.2, 0.25) is 0 Å². The maximum absolute atomic E-state index is 13.3. The first-order valence-electron chi connectivity index (χ1n) is 7.11. The second-order valence-electron chi connectivity index (χ2n) is 4.92. The van der Waals surface area contributed by atoms with Crippen molar-refractivity contribution in [2.24, 2.45) is 0 Å². The van der Waals surface area contributed by atoms with E-state index in [2.05, 4.69) is 10.3 Å². The van der Waals surface area contributed by atoms with E-state index in [9.17, 15) is 4.39 Å². The van der Waals surface area contributed by atoms with E-state index in [-0.39, 0.29) is 5.82 Å². The largest absolute Gasteiger partial charge is 0.441 e. The summed E-state index contributed by atoms with van der Waals surface area (Å²) in [7, 11) is 1.68. The Morgan fingerprint density at radius 1 is 1.33 bits per heavy atom. The highest BCUT2D eigenvalue weighted by Crippen LogP contribution is 2.25. The first-order valence-corrected chi connectivity index (χ1v) is 7.11. The van der Waals surface area contributed by atoms with Crippen LogP contribution in [0.3, 0.4) is 0 Å². The maximum atomic E-state index is 13.3. The van der Waals surface area contributed by atoms with Crippen molar-refractivity contribution in [3.05, 3.63) is 41.7 Å². The van der Waals surface area contributed by atoms with Crippen molar-refractivity contribution in [2.75, 3.05) is 26.8 Å². The van der Waals surface area contributed by atoms with Gasteiger partial charge in [0.2, 0.25) is 0 Å². The molecule has 0 saturated heterocycles. The van der Waals surface area contributed by atoms with Crippen LogP contribution in [0.25, 0.3) is 11.3 Å². The minimum Gasteiger partial charge on any atom is -0.441 e. The van der Waals surface area contributed by atoms with E-state index in [1.54, 1.807) is 19.4 Å². The van der Waals surface area contributed by atoms with Gasteiger partial charge in [-0.2, -0.15) is 0 Å². The number of hydrogen-bond acceptors (Lipinski definition) is 4. The Kier molecular flexibility index (Phi) is 5.90. The summed E-state index contributed by atoms with van der Waals surface area (Å²) in [5.41, 5.74) is 1.73. The molecule has 0 saturated carbocycles. The van der Waals surface area contributed by atoms with Gasteiger partial charge in [0, 0.05) is 25.6 Å². The Labute approximate surface area is 124 Å². The molecule has 21 heavy (non-hydrogen) atoms. The van der Waals surface area contributed by atoms with Gasteiger partial charge in [-0.1, -0.05) is 6.07 Å². The van der Waals surface area contributed by atoms with Gasteiger partial charge < -0.3 is 14.5 Å². The molecule has 2 aromatic rings. The highest BCUT2D eigenvalue weighted by Gasteiger charge is 2.09. The number of aryl methyl sites for hydroxylation is 2. The molecule has 114 valence electrons. The number of benzene rings is 1. The van der Waals surface area contributed by atoms with Gasteiger partial charge in [0.15, 0.2) is 11.7 Å². The van der Waals surface area contributed by atoms with Crippen LogP contribution in [0.1, 0.15) is 17.9 Å². The lowest BCUT2D eigenvalue weighted by Gasteiger charge is -2.03. The number of nitrogens with zero attached hydrogens (tertiary/aromatic N) is 1. The van der Waals surface area contributed by atoms with Crippen LogP contribution < -0.4 is 5.32 Å². The zero-order valence-corrected chi connectivity index (χ0v) is 12.5. The van der Waals surface area contributed by atoms with E-state index in [4.69, 9.17) is 9.15 Å². The van der Waals surface area contributed by atoms with Gasteiger partial charge in [0.25, 0.3) is 0 Å². The number of rotatable bonds is 8. The lowest BCUT2D eigenvalue weighted by molar-refractivity contribution is 0.199. The van der Waals surface area contributed by atoms with E-state index in [0.717, 1.165) is 37.1 Å². The fourth-order valence-corrected chi connectivity index (χ4v) is 2.07. The molecule has 0 aliphatic carbocycles. The Balaban J connectivity index is 1.88. The van der Waals surface area contributed by atoms with Crippen molar-refractivity contribution >= 4 is 0 Å². The molecule has 0 aliphatic heterocycles. The normalized spacial score (nSPS) is 11.0. The summed E-state index contributed by atoms with van der Waals surface area (Å²) < 4.78 is 24.0. The SMILES string of the molecule is COCCNCCCc1ncc(-c2cc(F)ccc2C)o1. The number of hydrogen-bond donors (Lipinski definition) is 1. The molecule has 4 nitrogen and oxygen atoms in total. The van der Waals surface area contributed by atoms with Gasteiger partial charge in [-0.3, -0.25) is 0 Å². The standard InChI is InChI=1S/C16H21FN2O2/c1-12-5-6-13(17)10-14(12)15-11-19-16(21-15)4-3-7-18-8-9-20-2/h5-6,10-11,18H,3-4,7-9H2,1-2H3. The molecule has 0 radical (unpaired) electrons. The highest BCUT2D eigenvalue weighted by molar-refractivity contribution is 5.61. The van der Waals surface area contributed by atoms with E-state index >= 15 is 0 Å². The summed E-state index contributed by atoms with van der Waals surface area (Å²) in [4.78, 5) is 4.26. The Hall–Kier alpha value is -1.72.